The lowest BCUT2D eigenvalue weighted by Gasteiger charge is -2.08. The lowest BCUT2D eigenvalue weighted by atomic mass is 10.0. The van der Waals surface area contributed by atoms with Crippen molar-refractivity contribution in [1.29, 1.82) is 0 Å². The van der Waals surface area contributed by atoms with Crippen LogP contribution in [-0.2, 0) is 6.18 Å². The molecule has 1 aromatic heterocycles. The van der Waals surface area contributed by atoms with Gasteiger partial charge in [0.25, 0.3) is 0 Å². The van der Waals surface area contributed by atoms with Crippen LogP contribution in [-0.4, -0.2) is 10.8 Å². The monoisotopic (exact) mass is 407 g/mol. The third-order valence-electron chi connectivity index (χ3n) is 2.47. The summed E-state index contributed by atoms with van der Waals surface area (Å²) < 4.78 is 38.9. The Morgan fingerprint density at radius 2 is 1.85 bits per heavy atom. The Bertz CT molecular complexity index is 671. The van der Waals surface area contributed by atoms with Crippen LogP contribution in [0.4, 0.5) is 13.2 Å². The Kier molecular flexibility index (Phi) is 4.29. The topological polar surface area (TPSA) is 30.0 Å². The number of hydrogen-bond donors (Lipinski definition) is 0. The molecule has 0 aliphatic carbocycles. The number of carbonyl (C=O) groups excluding carboxylic acids is 1. The summed E-state index contributed by atoms with van der Waals surface area (Å²) in [5.41, 5.74) is -0.862. The van der Waals surface area contributed by atoms with E-state index in [4.69, 9.17) is 0 Å². The van der Waals surface area contributed by atoms with E-state index >= 15 is 0 Å². The smallest absolute Gasteiger partial charge is 0.287 e. The predicted molar refractivity (Wildman–Crippen MR) is 74.5 cm³/mol. The number of nitrogens with zero attached hydrogens (tertiary/aromatic N) is 1. The van der Waals surface area contributed by atoms with Crippen molar-refractivity contribution in [3.8, 4) is 0 Å². The highest BCUT2D eigenvalue weighted by molar-refractivity contribution is 9.11. The van der Waals surface area contributed by atoms with Gasteiger partial charge in [0.05, 0.1) is 5.56 Å². The standard InChI is InChI=1S/C13H6Br2F3NO/c14-9-5-10(15)11(19-6-9)12(20)7-2-1-3-8(4-7)13(16,17)18/h1-6H. The fraction of sp³-hybridized carbons (Fsp3) is 0.0769. The Balaban J connectivity index is 2.44. The summed E-state index contributed by atoms with van der Waals surface area (Å²) in [7, 11) is 0. The van der Waals surface area contributed by atoms with Crippen LogP contribution in [0, 0.1) is 0 Å². The number of alkyl halides is 3. The number of aromatic nitrogens is 1. The summed E-state index contributed by atoms with van der Waals surface area (Å²) in [6.45, 7) is 0. The molecule has 2 rings (SSSR count). The van der Waals surface area contributed by atoms with Gasteiger partial charge in [-0.1, -0.05) is 12.1 Å². The van der Waals surface area contributed by atoms with Crippen molar-refractivity contribution in [1.82, 2.24) is 4.98 Å². The van der Waals surface area contributed by atoms with Crippen molar-refractivity contribution < 1.29 is 18.0 Å². The maximum absolute atomic E-state index is 12.6. The van der Waals surface area contributed by atoms with E-state index in [-0.39, 0.29) is 11.3 Å². The van der Waals surface area contributed by atoms with Crippen LogP contribution < -0.4 is 0 Å². The Hall–Kier alpha value is -1.21. The first-order valence-electron chi connectivity index (χ1n) is 5.32. The zero-order chi connectivity index (χ0) is 14.9. The summed E-state index contributed by atoms with van der Waals surface area (Å²) in [4.78, 5) is 16.1. The number of hydrogen-bond acceptors (Lipinski definition) is 2. The van der Waals surface area contributed by atoms with Crippen LogP contribution >= 0.6 is 31.9 Å². The zero-order valence-electron chi connectivity index (χ0n) is 9.71. The van der Waals surface area contributed by atoms with Gasteiger partial charge in [-0.05, 0) is 50.1 Å². The fourth-order valence-corrected chi connectivity index (χ4v) is 2.72. The molecule has 1 aromatic carbocycles. The average molecular weight is 409 g/mol. The van der Waals surface area contributed by atoms with Crippen molar-refractivity contribution in [2.24, 2.45) is 0 Å². The van der Waals surface area contributed by atoms with E-state index in [1.165, 1.54) is 18.3 Å². The van der Waals surface area contributed by atoms with Crippen LogP contribution in [0.3, 0.4) is 0 Å². The second kappa shape index (κ2) is 5.65. The van der Waals surface area contributed by atoms with Gasteiger partial charge in [0.15, 0.2) is 0 Å². The molecule has 2 aromatic rings. The van der Waals surface area contributed by atoms with E-state index in [1.54, 1.807) is 6.07 Å². The second-order valence-electron chi connectivity index (χ2n) is 3.89. The highest BCUT2D eigenvalue weighted by Gasteiger charge is 2.31. The molecular weight excluding hydrogens is 403 g/mol. The van der Waals surface area contributed by atoms with E-state index < -0.39 is 17.5 Å². The maximum Gasteiger partial charge on any atom is 0.416 e. The van der Waals surface area contributed by atoms with Crippen LogP contribution in [0.2, 0.25) is 0 Å². The van der Waals surface area contributed by atoms with E-state index in [2.05, 4.69) is 36.8 Å². The van der Waals surface area contributed by atoms with Crippen molar-refractivity contribution in [3.05, 3.63) is 62.3 Å². The molecule has 0 radical (unpaired) electrons. The van der Waals surface area contributed by atoms with Crippen LogP contribution in [0.5, 0.6) is 0 Å². The first-order valence-corrected chi connectivity index (χ1v) is 6.90. The lowest BCUT2D eigenvalue weighted by molar-refractivity contribution is -0.137. The van der Waals surface area contributed by atoms with Crippen LogP contribution in [0.25, 0.3) is 0 Å². The minimum atomic E-state index is -4.49. The van der Waals surface area contributed by atoms with E-state index in [0.717, 1.165) is 12.1 Å². The van der Waals surface area contributed by atoms with Gasteiger partial charge in [0.1, 0.15) is 5.69 Å². The Morgan fingerprint density at radius 1 is 1.15 bits per heavy atom. The number of pyridine rings is 1. The molecule has 0 N–H and O–H groups in total. The molecule has 20 heavy (non-hydrogen) atoms. The van der Waals surface area contributed by atoms with Gasteiger partial charge in [-0.15, -0.1) is 0 Å². The molecule has 0 atom stereocenters. The second-order valence-corrected chi connectivity index (χ2v) is 5.66. The molecule has 0 aliphatic rings. The van der Waals surface area contributed by atoms with Gasteiger partial charge in [-0.3, -0.25) is 9.78 Å². The van der Waals surface area contributed by atoms with Gasteiger partial charge in [-0.25, -0.2) is 0 Å². The molecule has 0 aliphatic heterocycles. The molecule has 0 amide bonds. The first kappa shape index (κ1) is 15.2. The summed E-state index contributed by atoms with van der Waals surface area (Å²) in [6.07, 6.45) is -3.08. The van der Waals surface area contributed by atoms with Crippen molar-refractivity contribution in [2.45, 2.75) is 6.18 Å². The highest BCUT2D eigenvalue weighted by Crippen LogP contribution is 2.30. The third-order valence-corrected chi connectivity index (χ3v) is 3.51. The molecule has 7 heteroatoms. The summed E-state index contributed by atoms with van der Waals surface area (Å²) >= 11 is 6.35. The average Bonchev–Trinajstić information content (AvgIpc) is 2.37. The molecule has 2 nitrogen and oxygen atoms in total. The van der Waals surface area contributed by atoms with Gasteiger partial charge in [0.2, 0.25) is 5.78 Å². The lowest BCUT2D eigenvalue weighted by Crippen LogP contribution is -2.09. The minimum Gasteiger partial charge on any atom is -0.287 e. The zero-order valence-corrected chi connectivity index (χ0v) is 12.9. The number of benzene rings is 1. The summed E-state index contributed by atoms with van der Waals surface area (Å²) in [5, 5.41) is 0. The van der Waals surface area contributed by atoms with Crippen molar-refractivity contribution >= 4 is 37.6 Å². The highest BCUT2D eigenvalue weighted by atomic mass is 79.9. The van der Waals surface area contributed by atoms with Gasteiger partial charge in [-0.2, -0.15) is 13.2 Å². The molecule has 104 valence electrons. The number of halogens is 5. The Labute approximate surface area is 129 Å². The van der Waals surface area contributed by atoms with Gasteiger partial charge < -0.3 is 0 Å². The number of carbonyl (C=O) groups is 1. The molecule has 1 heterocycles. The predicted octanol–water partition coefficient (Wildman–Crippen LogP) is 4.86. The van der Waals surface area contributed by atoms with Crippen LogP contribution in [0.1, 0.15) is 21.6 Å². The van der Waals surface area contributed by atoms with E-state index in [0.29, 0.717) is 8.95 Å². The van der Waals surface area contributed by atoms with Crippen molar-refractivity contribution in [3.63, 3.8) is 0 Å². The quantitative estimate of drug-likeness (QED) is 0.664. The number of rotatable bonds is 2. The SMILES string of the molecule is O=C(c1cccc(C(F)(F)F)c1)c1ncc(Br)cc1Br. The molecule has 0 fully saturated rings. The molecular formula is C13H6Br2F3NO. The first-order chi connectivity index (χ1) is 9.29. The largest absolute Gasteiger partial charge is 0.416 e. The normalized spacial score (nSPS) is 11.4. The fourth-order valence-electron chi connectivity index (χ4n) is 1.56. The molecule has 0 saturated carbocycles. The number of ketones is 1. The van der Waals surface area contributed by atoms with Crippen molar-refractivity contribution in [2.75, 3.05) is 0 Å². The summed E-state index contributed by atoms with van der Waals surface area (Å²) in [5.74, 6) is -0.574. The summed E-state index contributed by atoms with van der Waals surface area (Å²) in [6, 6.07) is 5.86. The maximum atomic E-state index is 12.6. The third kappa shape index (κ3) is 3.27. The van der Waals surface area contributed by atoms with Gasteiger partial charge >= 0.3 is 6.18 Å². The molecule has 0 saturated heterocycles. The molecule has 0 unspecified atom stereocenters. The van der Waals surface area contributed by atoms with E-state index in [1.807, 2.05) is 0 Å². The minimum absolute atomic E-state index is 0.0599. The van der Waals surface area contributed by atoms with Gasteiger partial charge in [0, 0.05) is 20.7 Å². The Morgan fingerprint density at radius 3 is 2.45 bits per heavy atom. The van der Waals surface area contributed by atoms with E-state index in [9.17, 15) is 18.0 Å². The van der Waals surface area contributed by atoms with Crippen LogP contribution in [0.15, 0.2) is 45.5 Å². The molecule has 0 spiro atoms. The molecule has 0 bridgehead atoms.